The van der Waals surface area contributed by atoms with E-state index in [2.05, 4.69) is 5.32 Å². The molecule has 16 heavy (non-hydrogen) atoms. The second-order valence-electron chi connectivity index (χ2n) is 4.36. The first-order valence-corrected chi connectivity index (χ1v) is 6.88. The van der Waals surface area contributed by atoms with Crippen molar-refractivity contribution in [3.05, 3.63) is 35.1 Å². The van der Waals surface area contributed by atoms with Gasteiger partial charge in [0.1, 0.15) is 5.82 Å². The number of rotatable bonds is 4. The molecular weight excluding hydrogens is 221 g/mol. The molecule has 0 spiro atoms. The quantitative estimate of drug-likeness (QED) is 0.866. The smallest absolute Gasteiger partial charge is 0.127 e. The minimum Gasteiger partial charge on any atom is -0.311 e. The Labute approximate surface area is 101 Å². The van der Waals surface area contributed by atoms with Crippen LogP contribution in [0.3, 0.4) is 0 Å². The van der Waals surface area contributed by atoms with Crippen LogP contribution in [0.2, 0.25) is 0 Å². The molecule has 2 rings (SSSR count). The van der Waals surface area contributed by atoms with E-state index < -0.39 is 0 Å². The molecule has 0 aromatic heterocycles. The average Bonchev–Trinajstić information content (AvgIpc) is 2.76. The van der Waals surface area contributed by atoms with Gasteiger partial charge in [0.15, 0.2) is 0 Å². The van der Waals surface area contributed by atoms with E-state index in [1.54, 1.807) is 6.07 Å². The average molecular weight is 239 g/mol. The molecule has 0 aliphatic carbocycles. The minimum atomic E-state index is -0.0998. The monoisotopic (exact) mass is 239 g/mol. The van der Waals surface area contributed by atoms with Crippen LogP contribution in [0.15, 0.2) is 18.2 Å². The minimum absolute atomic E-state index is 0.0998. The highest BCUT2D eigenvalue weighted by Gasteiger charge is 2.14. The Morgan fingerprint density at radius 1 is 1.50 bits per heavy atom. The molecule has 1 aliphatic heterocycles. The second-order valence-corrected chi connectivity index (χ2v) is 5.77. The third-order valence-electron chi connectivity index (χ3n) is 2.91. The number of hydrogen-bond donors (Lipinski definition) is 1. The van der Waals surface area contributed by atoms with Gasteiger partial charge in [-0.05, 0) is 31.6 Å². The summed E-state index contributed by atoms with van der Waals surface area (Å²) in [5.74, 6) is 1.18. The van der Waals surface area contributed by atoms with Gasteiger partial charge in [-0.2, -0.15) is 11.8 Å². The highest BCUT2D eigenvalue weighted by molar-refractivity contribution is 8.00. The summed E-state index contributed by atoms with van der Waals surface area (Å²) in [6.07, 6.45) is 2.63. The fraction of sp³-hybridized carbons (Fsp3) is 0.538. The van der Waals surface area contributed by atoms with Crippen molar-refractivity contribution in [1.29, 1.82) is 0 Å². The largest absolute Gasteiger partial charge is 0.311 e. The molecule has 88 valence electrons. The Bertz CT molecular complexity index is 348. The van der Waals surface area contributed by atoms with E-state index in [9.17, 15) is 4.39 Å². The molecule has 1 N–H and O–H groups in total. The summed E-state index contributed by atoms with van der Waals surface area (Å²) in [6.45, 7) is 3.64. The lowest BCUT2D eigenvalue weighted by molar-refractivity contribution is 0.581. The van der Waals surface area contributed by atoms with Crippen LogP contribution < -0.4 is 5.32 Å². The van der Waals surface area contributed by atoms with E-state index in [0.29, 0.717) is 6.54 Å². The van der Waals surface area contributed by atoms with Crippen LogP contribution in [0.1, 0.15) is 24.0 Å². The van der Waals surface area contributed by atoms with Crippen molar-refractivity contribution in [2.24, 2.45) is 0 Å². The maximum absolute atomic E-state index is 13.4. The van der Waals surface area contributed by atoms with Crippen molar-refractivity contribution < 1.29 is 4.39 Å². The maximum atomic E-state index is 13.4. The zero-order valence-corrected chi connectivity index (χ0v) is 10.4. The van der Waals surface area contributed by atoms with Crippen molar-refractivity contribution in [1.82, 2.24) is 5.32 Å². The zero-order chi connectivity index (χ0) is 11.4. The van der Waals surface area contributed by atoms with Gasteiger partial charge in [0.2, 0.25) is 0 Å². The van der Waals surface area contributed by atoms with Crippen molar-refractivity contribution in [3.63, 3.8) is 0 Å². The molecule has 1 fully saturated rings. The molecule has 1 unspecified atom stereocenters. The van der Waals surface area contributed by atoms with E-state index in [1.165, 1.54) is 18.6 Å². The van der Waals surface area contributed by atoms with Crippen LogP contribution in [0.25, 0.3) is 0 Å². The van der Waals surface area contributed by atoms with E-state index in [1.807, 2.05) is 30.8 Å². The molecule has 3 heteroatoms. The standard InChI is InChI=1S/C13H18FNS/c1-10-4-5-13(14)11(7-10)8-15-9-12-3-2-6-16-12/h4-5,7,12,15H,2-3,6,8-9H2,1H3. The Morgan fingerprint density at radius 3 is 3.12 bits per heavy atom. The Kier molecular flexibility index (Phi) is 4.24. The number of halogens is 1. The first-order chi connectivity index (χ1) is 7.75. The summed E-state index contributed by atoms with van der Waals surface area (Å²) in [4.78, 5) is 0. The van der Waals surface area contributed by atoms with E-state index in [4.69, 9.17) is 0 Å². The summed E-state index contributed by atoms with van der Waals surface area (Å²) in [5, 5.41) is 4.08. The topological polar surface area (TPSA) is 12.0 Å². The maximum Gasteiger partial charge on any atom is 0.127 e. The van der Waals surface area contributed by atoms with Crippen LogP contribution >= 0.6 is 11.8 Å². The second kappa shape index (κ2) is 5.69. The fourth-order valence-corrected chi connectivity index (χ4v) is 3.25. The number of aryl methyl sites for hydroxylation is 1. The summed E-state index contributed by atoms with van der Waals surface area (Å²) >= 11 is 2.03. The van der Waals surface area contributed by atoms with E-state index >= 15 is 0 Å². The normalized spacial score (nSPS) is 20.2. The molecule has 1 aromatic rings. The third-order valence-corrected chi connectivity index (χ3v) is 4.31. The Morgan fingerprint density at radius 2 is 2.38 bits per heavy atom. The van der Waals surface area contributed by atoms with Gasteiger partial charge < -0.3 is 5.32 Å². The molecule has 1 nitrogen and oxygen atoms in total. The highest BCUT2D eigenvalue weighted by atomic mass is 32.2. The fourth-order valence-electron chi connectivity index (χ4n) is 2.01. The van der Waals surface area contributed by atoms with Gasteiger partial charge in [0.05, 0.1) is 0 Å². The lowest BCUT2D eigenvalue weighted by atomic mass is 10.1. The number of nitrogens with one attached hydrogen (secondary N) is 1. The predicted octanol–water partition coefficient (Wildman–Crippen LogP) is 3.12. The molecule has 0 bridgehead atoms. The Hall–Kier alpha value is -0.540. The molecule has 1 heterocycles. The van der Waals surface area contributed by atoms with Crippen molar-refractivity contribution in [2.45, 2.75) is 31.6 Å². The number of thioether (sulfide) groups is 1. The summed E-state index contributed by atoms with van der Waals surface area (Å²) in [7, 11) is 0. The Balaban J connectivity index is 1.82. The predicted molar refractivity (Wildman–Crippen MR) is 68.3 cm³/mol. The third kappa shape index (κ3) is 3.22. The molecule has 1 saturated heterocycles. The SMILES string of the molecule is Cc1ccc(F)c(CNCC2CCCS2)c1. The van der Waals surface area contributed by atoms with Gasteiger partial charge in [0, 0.05) is 23.9 Å². The molecule has 0 amide bonds. The number of benzene rings is 1. The summed E-state index contributed by atoms with van der Waals surface area (Å²) < 4.78 is 13.4. The summed E-state index contributed by atoms with van der Waals surface area (Å²) in [5.41, 5.74) is 1.90. The van der Waals surface area contributed by atoms with Crippen molar-refractivity contribution in [2.75, 3.05) is 12.3 Å². The van der Waals surface area contributed by atoms with Gasteiger partial charge >= 0.3 is 0 Å². The van der Waals surface area contributed by atoms with Gasteiger partial charge in [-0.3, -0.25) is 0 Å². The molecule has 1 atom stereocenters. The van der Waals surface area contributed by atoms with Crippen LogP contribution in [0.4, 0.5) is 4.39 Å². The lowest BCUT2D eigenvalue weighted by Crippen LogP contribution is -2.23. The lowest BCUT2D eigenvalue weighted by Gasteiger charge is -2.10. The van der Waals surface area contributed by atoms with Crippen LogP contribution in [0.5, 0.6) is 0 Å². The van der Waals surface area contributed by atoms with Crippen LogP contribution in [-0.2, 0) is 6.54 Å². The highest BCUT2D eigenvalue weighted by Crippen LogP contribution is 2.25. The van der Waals surface area contributed by atoms with Gasteiger partial charge in [-0.25, -0.2) is 4.39 Å². The molecule has 1 aromatic carbocycles. The van der Waals surface area contributed by atoms with Crippen molar-refractivity contribution in [3.8, 4) is 0 Å². The molecule has 1 aliphatic rings. The van der Waals surface area contributed by atoms with Crippen LogP contribution in [-0.4, -0.2) is 17.5 Å². The van der Waals surface area contributed by atoms with Gasteiger partial charge in [0.25, 0.3) is 0 Å². The zero-order valence-electron chi connectivity index (χ0n) is 9.63. The first-order valence-electron chi connectivity index (χ1n) is 5.83. The molecule has 0 radical (unpaired) electrons. The van der Waals surface area contributed by atoms with Crippen LogP contribution in [0, 0.1) is 12.7 Å². The number of hydrogen-bond acceptors (Lipinski definition) is 2. The van der Waals surface area contributed by atoms with Gasteiger partial charge in [-0.15, -0.1) is 0 Å². The molecule has 0 saturated carbocycles. The van der Waals surface area contributed by atoms with Crippen molar-refractivity contribution >= 4 is 11.8 Å². The van der Waals surface area contributed by atoms with Gasteiger partial charge in [-0.1, -0.05) is 17.7 Å². The first kappa shape index (κ1) is 11.9. The van der Waals surface area contributed by atoms with E-state index in [0.717, 1.165) is 22.9 Å². The summed E-state index contributed by atoms with van der Waals surface area (Å²) in [6, 6.07) is 5.28. The molecular formula is C13H18FNS. The van der Waals surface area contributed by atoms with E-state index in [-0.39, 0.29) is 5.82 Å².